The molecule has 0 aromatic rings. The van der Waals surface area contributed by atoms with Gasteiger partial charge in [0.1, 0.15) is 0 Å². The Kier molecular flexibility index (Phi) is 3.94. The molecule has 1 N–H and O–H groups in total. The maximum atomic E-state index is 12.5. The molecule has 2 rings (SSSR count). The molecule has 2 aliphatic rings. The zero-order valence-corrected chi connectivity index (χ0v) is 11.4. The molecule has 106 valence electrons. The van der Waals surface area contributed by atoms with Gasteiger partial charge >= 0.3 is 5.97 Å². The molecule has 1 saturated heterocycles. The van der Waals surface area contributed by atoms with Crippen LogP contribution in [0.3, 0.4) is 0 Å². The Bertz CT molecular complexity index is 394. The molecule has 2 unspecified atom stereocenters. The summed E-state index contributed by atoms with van der Waals surface area (Å²) in [6.07, 6.45) is 2.94. The van der Waals surface area contributed by atoms with Crippen molar-refractivity contribution in [3.05, 3.63) is 12.2 Å². The molecule has 0 aromatic heterocycles. The Morgan fingerprint density at radius 2 is 2.32 bits per heavy atom. The second kappa shape index (κ2) is 5.33. The number of aliphatic carboxylic acids is 1. The number of carboxylic acids is 1. The molecule has 1 saturated carbocycles. The summed E-state index contributed by atoms with van der Waals surface area (Å²) < 4.78 is 5.13. The molecule has 0 radical (unpaired) electrons. The van der Waals surface area contributed by atoms with Crippen LogP contribution < -0.4 is 0 Å². The van der Waals surface area contributed by atoms with Crippen LogP contribution in [0.4, 0.5) is 0 Å². The molecule has 1 aliphatic carbocycles. The van der Waals surface area contributed by atoms with Gasteiger partial charge in [-0.2, -0.15) is 0 Å². The van der Waals surface area contributed by atoms with Gasteiger partial charge in [-0.05, 0) is 31.6 Å². The Morgan fingerprint density at radius 1 is 1.58 bits per heavy atom. The lowest BCUT2D eigenvalue weighted by Crippen LogP contribution is -2.56. The van der Waals surface area contributed by atoms with Crippen LogP contribution >= 0.6 is 0 Å². The highest BCUT2D eigenvalue weighted by Crippen LogP contribution is 2.47. The Labute approximate surface area is 113 Å². The van der Waals surface area contributed by atoms with Crippen molar-refractivity contribution < 1.29 is 19.4 Å². The largest absolute Gasteiger partial charge is 0.480 e. The van der Waals surface area contributed by atoms with E-state index in [0.717, 1.165) is 12.8 Å². The van der Waals surface area contributed by atoms with E-state index in [1.165, 1.54) is 0 Å². The quantitative estimate of drug-likeness (QED) is 0.615. The summed E-state index contributed by atoms with van der Waals surface area (Å²) in [4.78, 5) is 25.7. The van der Waals surface area contributed by atoms with Gasteiger partial charge in [0.05, 0.1) is 6.61 Å². The molecule has 1 aliphatic heterocycles. The minimum absolute atomic E-state index is 0.281. The number of likely N-dealkylation sites (tertiary alicyclic amines) is 1. The van der Waals surface area contributed by atoms with Gasteiger partial charge in [0.25, 0.3) is 0 Å². The lowest BCUT2D eigenvalue weighted by atomic mass is 9.64. The molecule has 2 fully saturated rings. The van der Waals surface area contributed by atoms with Crippen LogP contribution in [-0.2, 0) is 14.3 Å². The summed E-state index contributed by atoms with van der Waals surface area (Å²) >= 11 is 0. The smallest absolute Gasteiger partial charge is 0.323 e. The molecule has 1 amide bonds. The van der Waals surface area contributed by atoms with Crippen molar-refractivity contribution in [1.82, 2.24) is 4.90 Å². The molecule has 1 heterocycles. The number of carbonyl (C=O) groups excluding carboxylic acids is 1. The normalized spacial score (nSPS) is 30.9. The first kappa shape index (κ1) is 14.1. The number of carboxylic acid groups (broad SMARTS) is 1. The van der Waals surface area contributed by atoms with Gasteiger partial charge in [0.2, 0.25) is 5.91 Å². The van der Waals surface area contributed by atoms with Crippen molar-refractivity contribution in [1.29, 1.82) is 0 Å². The number of ether oxygens (including phenoxy) is 1. The van der Waals surface area contributed by atoms with Gasteiger partial charge in [-0.1, -0.05) is 12.2 Å². The molecular weight excluding hydrogens is 246 g/mol. The van der Waals surface area contributed by atoms with E-state index in [2.05, 4.69) is 6.58 Å². The first-order valence-corrected chi connectivity index (χ1v) is 6.72. The number of carbonyl (C=O) groups is 2. The number of rotatable bonds is 4. The van der Waals surface area contributed by atoms with Crippen molar-refractivity contribution >= 4 is 11.9 Å². The maximum Gasteiger partial charge on any atom is 0.323 e. The fourth-order valence-corrected chi connectivity index (χ4v) is 3.05. The average molecular weight is 267 g/mol. The standard InChI is InChI=1S/C14H21NO4/c1-10-5-6-14(10,13(17)18)12(16)15-7-3-4-11(8-15)9-19-2/h11H,1,3-9H2,2H3,(H,17,18). The van der Waals surface area contributed by atoms with Crippen LogP contribution in [-0.4, -0.2) is 48.7 Å². The lowest BCUT2D eigenvalue weighted by molar-refractivity contribution is -0.162. The number of piperidine rings is 1. The van der Waals surface area contributed by atoms with E-state index in [9.17, 15) is 14.7 Å². The third-order valence-electron chi connectivity index (χ3n) is 4.34. The van der Waals surface area contributed by atoms with Gasteiger partial charge in [0, 0.05) is 20.2 Å². The van der Waals surface area contributed by atoms with Gasteiger partial charge < -0.3 is 14.7 Å². The molecule has 5 heteroatoms. The minimum Gasteiger partial charge on any atom is -0.480 e. The Hall–Kier alpha value is -1.36. The Morgan fingerprint density at radius 3 is 2.79 bits per heavy atom. The highest BCUT2D eigenvalue weighted by molar-refractivity contribution is 6.06. The van der Waals surface area contributed by atoms with E-state index < -0.39 is 11.4 Å². The fourth-order valence-electron chi connectivity index (χ4n) is 3.05. The van der Waals surface area contributed by atoms with Crippen molar-refractivity contribution in [3.63, 3.8) is 0 Å². The topological polar surface area (TPSA) is 66.8 Å². The van der Waals surface area contributed by atoms with Gasteiger partial charge in [-0.15, -0.1) is 0 Å². The summed E-state index contributed by atoms with van der Waals surface area (Å²) in [6.45, 7) is 5.60. The summed E-state index contributed by atoms with van der Waals surface area (Å²) in [7, 11) is 1.65. The summed E-state index contributed by atoms with van der Waals surface area (Å²) in [5.41, 5.74) is -0.812. The number of nitrogens with zero attached hydrogens (tertiary/aromatic N) is 1. The monoisotopic (exact) mass is 267 g/mol. The van der Waals surface area contributed by atoms with E-state index in [1.54, 1.807) is 12.0 Å². The van der Waals surface area contributed by atoms with Crippen molar-refractivity contribution in [3.8, 4) is 0 Å². The predicted molar refractivity (Wildman–Crippen MR) is 69.6 cm³/mol. The molecule has 0 aromatic carbocycles. The van der Waals surface area contributed by atoms with Crippen LogP contribution in [0.1, 0.15) is 25.7 Å². The van der Waals surface area contributed by atoms with Crippen LogP contribution in [0.15, 0.2) is 12.2 Å². The number of methoxy groups -OCH3 is 1. The van der Waals surface area contributed by atoms with Crippen LogP contribution in [0, 0.1) is 11.3 Å². The summed E-state index contributed by atoms with van der Waals surface area (Å²) in [6, 6.07) is 0. The van der Waals surface area contributed by atoms with Gasteiger partial charge in [-0.25, -0.2) is 0 Å². The molecule has 5 nitrogen and oxygen atoms in total. The van der Waals surface area contributed by atoms with Gasteiger partial charge in [0.15, 0.2) is 5.41 Å². The van der Waals surface area contributed by atoms with E-state index in [1.807, 2.05) is 0 Å². The highest BCUT2D eigenvalue weighted by atomic mass is 16.5. The molecule has 19 heavy (non-hydrogen) atoms. The van der Waals surface area contributed by atoms with E-state index in [0.29, 0.717) is 44.0 Å². The number of amides is 1. The molecular formula is C14H21NO4. The third-order valence-corrected chi connectivity index (χ3v) is 4.34. The number of hydrogen-bond donors (Lipinski definition) is 1. The van der Waals surface area contributed by atoms with Gasteiger partial charge in [-0.3, -0.25) is 9.59 Å². The first-order chi connectivity index (χ1) is 9.02. The SMILES string of the molecule is C=C1CCC1(C(=O)O)C(=O)N1CCCC(COC)C1. The summed E-state index contributed by atoms with van der Waals surface area (Å²) in [5, 5.41) is 9.39. The van der Waals surface area contributed by atoms with Crippen molar-refractivity contribution in [2.75, 3.05) is 26.8 Å². The second-order valence-corrected chi connectivity index (χ2v) is 5.53. The van der Waals surface area contributed by atoms with E-state index >= 15 is 0 Å². The minimum atomic E-state index is -1.35. The average Bonchev–Trinajstić information content (AvgIpc) is 2.37. The second-order valence-electron chi connectivity index (χ2n) is 5.53. The highest BCUT2D eigenvalue weighted by Gasteiger charge is 2.56. The molecule has 2 atom stereocenters. The summed E-state index contributed by atoms with van der Waals surface area (Å²) in [5.74, 6) is -1.03. The molecule has 0 bridgehead atoms. The van der Waals surface area contributed by atoms with Crippen molar-refractivity contribution in [2.24, 2.45) is 11.3 Å². The predicted octanol–water partition coefficient (Wildman–Crippen LogP) is 1.29. The zero-order chi connectivity index (χ0) is 14.0. The molecule has 0 spiro atoms. The van der Waals surface area contributed by atoms with Crippen LogP contribution in [0.2, 0.25) is 0 Å². The fraction of sp³-hybridized carbons (Fsp3) is 0.714. The third kappa shape index (κ3) is 2.27. The lowest BCUT2D eigenvalue weighted by Gasteiger charge is -2.44. The Balaban J connectivity index is 2.10. The number of hydrogen-bond acceptors (Lipinski definition) is 3. The maximum absolute atomic E-state index is 12.5. The van der Waals surface area contributed by atoms with Crippen LogP contribution in [0.25, 0.3) is 0 Å². The van der Waals surface area contributed by atoms with Crippen molar-refractivity contribution in [2.45, 2.75) is 25.7 Å². The van der Waals surface area contributed by atoms with E-state index in [-0.39, 0.29) is 5.91 Å². The van der Waals surface area contributed by atoms with Crippen LogP contribution in [0.5, 0.6) is 0 Å². The zero-order valence-electron chi connectivity index (χ0n) is 11.4. The van der Waals surface area contributed by atoms with E-state index in [4.69, 9.17) is 4.74 Å². The first-order valence-electron chi connectivity index (χ1n) is 6.72.